The average Bonchev–Trinajstić information content (AvgIpc) is 2.80. The van der Waals surface area contributed by atoms with Gasteiger partial charge in [0.25, 0.3) is 0 Å². The minimum atomic E-state index is -0.639. The number of carbonyl (C=O) groups excluding carboxylic acids is 1. The summed E-state index contributed by atoms with van der Waals surface area (Å²) in [5.41, 5.74) is 11.1. The number of ether oxygens (including phenoxy) is 1. The molecule has 0 aliphatic rings. The van der Waals surface area contributed by atoms with E-state index in [9.17, 15) is 4.79 Å². The van der Waals surface area contributed by atoms with Gasteiger partial charge in [0.1, 0.15) is 11.5 Å². The number of aliphatic imine (C=N–C) groups is 1. The van der Waals surface area contributed by atoms with E-state index in [4.69, 9.17) is 20.6 Å². The van der Waals surface area contributed by atoms with Crippen LogP contribution in [-0.2, 0) is 0 Å². The van der Waals surface area contributed by atoms with Crippen molar-refractivity contribution in [2.24, 2.45) is 16.5 Å². The third-order valence-electron chi connectivity index (χ3n) is 2.55. The molecule has 1 amide bonds. The summed E-state index contributed by atoms with van der Waals surface area (Å²) in [6.07, 6.45) is 0. The minimum Gasteiger partial charge on any atom is -0.497 e. The van der Waals surface area contributed by atoms with Crippen molar-refractivity contribution < 1.29 is 13.9 Å². The van der Waals surface area contributed by atoms with Gasteiger partial charge in [-0.25, -0.2) is 4.98 Å². The molecule has 0 aliphatic carbocycles. The standard InChI is InChI=1S/C13H14N4O3/c1-7-10(11(18)17-13(14)15)16-12(20-7)8-4-3-5-9(6-8)19-2/h3-6H,1-2H3,(H4,14,15,17,18). The van der Waals surface area contributed by atoms with E-state index in [2.05, 4.69) is 9.98 Å². The van der Waals surface area contributed by atoms with Crippen molar-refractivity contribution in [3.05, 3.63) is 35.7 Å². The monoisotopic (exact) mass is 274 g/mol. The lowest BCUT2D eigenvalue weighted by Gasteiger charge is -2.00. The van der Waals surface area contributed by atoms with Gasteiger partial charge in [0.15, 0.2) is 11.7 Å². The molecular weight excluding hydrogens is 260 g/mol. The Morgan fingerprint density at radius 2 is 2.15 bits per heavy atom. The van der Waals surface area contributed by atoms with Crippen molar-refractivity contribution in [1.82, 2.24) is 4.98 Å². The molecule has 2 rings (SSSR count). The van der Waals surface area contributed by atoms with Crippen LogP contribution in [0.3, 0.4) is 0 Å². The molecule has 7 heteroatoms. The summed E-state index contributed by atoms with van der Waals surface area (Å²) in [6, 6.07) is 7.14. The zero-order valence-electron chi connectivity index (χ0n) is 11.1. The Morgan fingerprint density at radius 3 is 2.80 bits per heavy atom. The fraction of sp³-hybridized carbons (Fsp3) is 0.154. The van der Waals surface area contributed by atoms with Crippen molar-refractivity contribution in [3.63, 3.8) is 0 Å². The number of benzene rings is 1. The summed E-state index contributed by atoms with van der Waals surface area (Å²) < 4.78 is 10.6. The second kappa shape index (κ2) is 5.43. The third-order valence-corrected chi connectivity index (χ3v) is 2.55. The number of guanidine groups is 1. The lowest BCUT2D eigenvalue weighted by molar-refractivity contribution is 0.0997. The lowest BCUT2D eigenvalue weighted by atomic mass is 10.2. The Labute approximate surface area is 115 Å². The molecule has 0 aliphatic heterocycles. The molecule has 2 aromatic rings. The fourth-order valence-corrected chi connectivity index (χ4v) is 1.64. The van der Waals surface area contributed by atoms with Crippen LogP contribution in [0.25, 0.3) is 11.5 Å². The molecule has 0 unspecified atom stereocenters. The predicted octanol–water partition coefficient (Wildman–Crippen LogP) is 1.07. The van der Waals surface area contributed by atoms with Crippen LogP contribution in [-0.4, -0.2) is 24.0 Å². The Balaban J connectivity index is 2.40. The van der Waals surface area contributed by atoms with Gasteiger partial charge >= 0.3 is 5.91 Å². The molecule has 1 heterocycles. The quantitative estimate of drug-likeness (QED) is 0.638. The van der Waals surface area contributed by atoms with E-state index < -0.39 is 5.91 Å². The zero-order valence-corrected chi connectivity index (χ0v) is 11.1. The molecule has 0 atom stereocenters. The molecule has 0 spiro atoms. The van der Waals surface area contributed by atoms with Gasteiger partial charge in [-0.15, -0.1) is 0 Å². The fourth-order valence-electron chi connectivity index (χ4n) is 1.64. The van der Waals surface area contributed by atoms with Crippen LogP contribution in [0.4, 0.5) is 0 Å². The summed E-state index contributed by atoms with van der Waals surface area (Å²) in [5.74, 6) is 0.351. The third kappa shape index (κ3) is 2.77. The van der Waals surface area contributed by atoms with E-state index in [1.165, 1.54) is 0 Å². The Kier molecular flexibility index (Phi) is 3.69. The van der Waals surface area contributed by atoms with Gasteiger partial charge in [-0.05, 0) is 25.1 Å². The van der Waals surface area contributed by atoms with Crippen LogP contribution in [0.2, 0.25) is 0 Å². The molecule has 0 radical (unpaired) electrons. The molecule has 0 saturated carbocycles. The summed E-state index contributed by atoms with van der Waals surface area (Å²) in [4.78, 5) is 19.3. The van der Waals surface area contributed by atoms with E-state index in [-0.39, 0.29) is 11.7 Å². The van der Waals surface area contributed by atoms with Crippen LogP contribution < -0.4 is 16.2 Å². The van der Waals surface area contributed by atoms with Gasteiger partial charge in [-0.3, -0.25) is 4.79 Å². The first-order chi connectivity index (χ1) is 9.51. The van der Waals surface area contributed by atoms with E-state index in [0.29, 0.717) is 23.0 Å². The molecule has 1 aromatic heterocycles. The van der Waals surface area contributed by atoms with Crippen LogP contribution in [0.15, 0.2) is 33.7 Å². The molecule has 0 fully saturated rings. The van der Waals surface area contributed by atoms with Crippen LogP contribution in [0.1, 0.15) is 16.2 Å². The molecule has 1 aromatic carbocycles. The molecule has 0 bridgehead atoms. The number of rotatable bonds is 3. The number of hydrogen-bond donors (Lipinski definition) is 2. The number of nitrogens with zero attached hydrogens (tertiary/aromatic N) is 2. The first-order valence-corrected chi connectivity index (χ1v) is 5.77. The number of carbonyl (C=O) groups is 1. The molecule has 7 nitrogen and oxygen atoms in total. The molecular formula is C13H14N4O3. The Hall–Kier alpha value is -2.83. The van der Waals surface area contributed by atoms with Gasteiger partial charge in [0.2, 0.25) is 5.89 Å². The van der Waals surface area contributed by atoms with Crippen molar-refractivity contribution >= 4 is 11.9 Å². The van der Waals surface area contributed by atoms with Gasteiger partial charge in [-0.2, -0.15) is 4.99 Å². The molecule has 20 heavy (non-hydrogen) atoms. The van der Waals surface area contributed by atoms with Crippen molar-refractivity contribution in [3.8, 4) is 17.2 Å². The van der Waals surface area contributed by atoms with E-state index >= 15 is 0 Å². The SMILES string of the molecule is COc1cccc(-c2nc(C(=O)N=C(N)N)c(C)o2)c1. The highest BCUT2D eigenvalue weighted by molar-refractivity contribution is 6.01. The smallest absolute Gasteiger partial charge is 0.302 e. The maximum absolute atomic E-state index is 11.7. The lowest BCUT2D eigenvalue weighted by Crippen LogP contribution is -2.24. The maximum Gasteiger partial charge on any atom is 0.302 e. The highest BCUT2D eigenvalue weighted by atomic mass is 16.5. The first kappa shape index (κ1) is 13.6. The summed E-state index contributed by atoms with van der Waals surface area (Å²) in [6.45, 7) is 1.62. The molecule has 4 N–H and O–H groups in total. The van der Waals surface area contributed by atoms with E-state index in [1.54, 1.807) is 38.3 Å². The molecule has 104 valence electrons. The molecule has 0 saturated heterocycles. The highest BCUT2D eigenvalue weighted by Gasteiger charge is 2.18. The van der Waals surface area contributed by atoms with E-state index in [1.807, 2.05) is 0 Å². The Bertz CT molecular complexity index is 672. The number of nitrogens with two attached hydrogens (primary N) is 2. The van der Waals surface area contributed by atoms with Crippen LogP contribution in [0, 0.1) is 6.92 Å². The van der Waals surface area contributed by atoms with E-state index in [0.717, 1.165) is 0 Å². The second-order valence-corrected chi connectivity index (χ2v) is 4.00. The van der Waals surface area contributed by atoms with Gasteiger partial charge in [0, 0.05) is 5.56 Å². The van der Waals surface area contributed by atoms with Gasteiger partial charge in [0.05, 0.1) is 7.11 Å². The largest absolute Gasteiger partial charge is 0.497 e. The number of methoxy groups -OCH3 is 1. The normalized spacial score (nSPS) is 10.1. The minimum absolute atomic E-state index is 0.0798. The van der Waals surface area contributed by atoms with Crippen LogP contribution in [0.5, 0.6) is 5.75 Å². The zero-order chi connectivity index (χ0) is 14.7. The average molecular weight is 274 g/mol. The maximum atomic E-state index is 11.7. The van der Waals surface area contributed by atoms with Crippen molar-refractivity contribution in [1.29, 1.82) is 0 Å². The number of hydrogen-bond acceptors (Lipinski definition) is 4. The number of aryl methyl sites for hydroxylation is 1. The van der Waals surface area contributed by atoms with Crippen LogP contribution >= 0.6 is 0 Å². The summed E-state index contributed by atoms with van der Waals surface area (Å²) in [5, 5.41) is 0. The van der Waals surface area contributed by atoms with Gasteiger partial charge < -0.3 is 20.6 Å². The summed E-state index contributed by atoms with van der Waals surface area (Å²) in [7, 11) is 1.56. The number of aromatic nitrogens is 1. The van der Waals surface area contributed by atoms with Crippen molar-refractivity contribution in [2.75, 3.05) is 7.11 Å². The predicted molar refractivity (Wildman–Crippen MR) is 73.4 cm³/mol. The number of oxazole rings is 1. The Morgan fingerprint density at radius 1 is 1.40 bits per heavy atom. The van der Waals surface area contributed by atoms with Gasteiger partial charge in [-0.1, -0.05) is 6.07 Å². The first-order valence-electron chi connectivity index (χ1n) is 5.77. The second-order valence-electron chi connectivity index (χ2n) is 4.00. The van der Waals surface area contributed by atoms with Crippen molar-refractivity contribution in [2.45, 2.75) is 6.92 Å². The topological polar surface area (TPSA) is 117 Å². The highest BCUT2D eigenvalue weighted by Crippen LogP contribution is 2.25. The number of amides is 1. The summed E-state index contributed by atoms with van der Waals surface area (Å²) >= 11 is 0.